The summed E-state index contributed by atoms with van der Waals surface area (Å²) >= 11 is 0. The third kappa shape index (κ3) is 4.59. The molecule has 88 valence electrons. The maximum atomic E-state index is 11.3. The molecule has 0 aromatic rings. The van der Waals surface area contributed by atoms with Crippen LogP contribution in [-0.4, -0.2) is 32.1 Å². The van der Waals surface area contributed by atoms with E-state index in [-0.39, 0.29) is 12.6 Å². The van der Waals surface area contributed by atoms with Gasteiger partial charge >= 0.3 is 5.97 Å². The van der Waals surface area contributed by atoms with Crippen LogP contribution in [0.2, 0.25) is 0 Å². The molecule has 1 aliphatic rings. The van der Waals surface area contributed by atoms with Crippen molar-refractivity contribution in [3.63, 3.8) is 0 Å². The lowest BCUT2D eigenvalue weighted by molar-refractivity contribution is -0.141. The summed E-state index contributed by atoms with van der Waals surface area (Å²) < 4.78 is 27.3. The van der Waals surface area contributed by atoms with Crippen LogP contribution in [-0.2, 0) is 15.0 Å². The minimum absolute atomic E-state index is 0.0346. The second kappa shape index (κ2) is 4.91. The molecule has 0 aliphatic heterocycles. The van der Waals surface area contributed by atoms with Crippen molar-refractivity contribution in [1.29, 1.82) is 0 Å². The summed E-state index contributed by atoms with van der Waals surface area (Å²) in [5.41, 5.74) is 0. The second-order valence-electron chi connectivity index (χ2n) is 3.69. The predicted octanol–water partition coefficient (Wildman–Crippen LogP) is -0.316. The third-order valence-electron chi connectivity index (χ3n) is 2.26. The Labute approximate surface area is 89.2 Å². The number of carboxylic acids is 1. The summed E-state index contributed by atoms with van der Waals surface area (Å²) in [5.74, 6) is -1.65. The van der Waals surface area contributed by atoms with E-state index < -0.39 is 22.1 Å². The molecule has 1 atom stereocenters. The predicted molar refractivity (Wildman–Crippen MR) is 54.5 cm³/mol. The molecule has 7 heteroatoms. The Bertz CT molecular complexity index is 324. The topological polar surface area (TPSA) is 95.5 Å². The molecule has 0 radical (unpaired) electrons. The summed E-state index contributed by atoms with van der Waals surface area (Å²) in [7, 11) is -3.52. The normalized spacial score (nSPS) is 18.7. The van der Waals surface area contributed by atoms with Crippen LogP contribution in [0.15, 0.2) is 0 Å². The van der Waals surface area contributed by atoms with Gasteiger partial charge in [-0.05, 0) is 19.3 Å². The maximum Gasteiger partial charge on any atom is 0.307 e. The molecule has 0 amide bonds. The van der Waals surface area contributed by atoms with Gasteiger partial charge in [-0.15, -0.1) is 0 Å². The van der Waals surface area contributed by atoms with Crippen molar-refractivity contribution in [1.82, 2.24) is 9.44 Å². The smallest absolute Gasteiger partial charge is 0.307 e. The van der Waals surface area contributed by atoms with Gasteiger partial charge in [0.15, 0.2) is 0 Å². The molecule has 0 aromatic carbocycles. The fourth-order valence-electron chi connectivity index (χ4n) is 1.08. The number of nitrogens with one attached hydrogen (secondary N) is 2. The highest BCUT2D eigenvalue weighted by atomic mass is 32.2. The van der Waals surface area contributed by atoms with Crippen molar-refractivity contribution in [2.75, 3.05) is 6.54 Å². The van der Waals surface area contributed by atoms with Gasteiger partial charge in [0.1, 0.15) is 0 Å². The van der Waals surface area contributed by atoms with Crippen molar-refractivity contribution in [3.05, 3.63) is 0 Å². The minimum atomic E-state index is -3.52. The monoisotopic (exact) mass is 236 g/mol. The van der Waals surface area contributed by atoms with Gasteiger partial charge in [0.05, 0.1) is 5.92 Å². The van der Waals surface area contributed by atoms with E-state index in [1.54, 1.807) is 6.92 Å². The summed E-state index contributed by atoms with van der Waals surface area (Å²) in [4.78, 5) is 10.6. The molecular weight excluding hydrogens is 220 g/mol. The Morgan fingerprint density at radius 1 is 1.53 bits per heavy atom. The SMILES string of the molecule is CCC(CNS(=O)(=O)NC1CC1)C(=O)O. The Morgan fingerprint density at radius 3 is 2.53 bits per heavy atom. The van der Waals surface area contributed by atoms with Gasteiger partial charge in [-0.25, -0.2) is 4.72 Å². The number of rotatable bonds is 7. The Hall–Kier alpha value is -0.660. The number of hydrogen-bond donors (Lipinski definition) is 3. The molecule has 1 fully saturated rings. The summed E-state index contributed by atoms with van der Waals surface area (Å²) in [6.45, 7) is 1.65. The molecule has 0 heterocycles. The van der Waals surface area contributed by atoms with Crippen molar-refractivity contribution >= 4 is 16.2 Å². The van der Waals surface area contributed by atoms with E-state index in [2.05, 4.69) is 9.44 Å². The van der Waals surface area contributed by atoms with Gasteiger partial charge in [0.2, 0.25) is 0 Å². The van der Waals surface area contributed by atoms with Gasteiger partial charge in [-0.3, -0.25) is 4.79 Å². The average molecular weight is 236 g/mol. The lowest BCUT2D eigenvalue weighted by Gasteiger charge is -2.11. The molecule has 1 aliphatic carbocycles. The zero-order valence-electron chi connectivity index (χ0n) is 8.56. The Balaban J connectivity index is 2.36. The van der Waals surface area contributed by atoms with Gasteiger partial charge < -0.3 is 5.11 Å². The molecule has 0 saturated heterocycles. The van der Waals surface area contributed by atoms with Crippen molar-refractivity contribution in [2.45, 2.75) is 32.2 Å². The van der Waals surface area contributed by atoms with E-state index in [1.807, 2.05) is 0 Å². The first-order chi connectivity index (χ1) is 6.94. The fourth-order valence-corrected chi connectivity index (χ4v) is 2.26. The molecule has 6 nitrogen and oxygen atoms in total. The first kappa shape index (κ1) is 12.4. The molecule has 0 aromatic heterocycles. The summed E-state index contributed by atoms with van der Waals surface area (Å²) in [5, 5.41) is 8.71. The van der Waals surface area contributed by atoms with Gasteiger partial charge in [0, 0.05) is 12.6 Å². The van der Waals surface area contributed by atoms with Crippen LogP contribution in [0, 0.1) is 5.92 Å². The van der Waals surface area contributed by atoms with E-state index in [0.29, 0.717) is 6.42 Å². The number of carbonyl (C=O) groups is 1. The van der Waals surface area contributed by atoms with E-state index in [0.717, 1.165) is 12.8 Å². The van der Waals surface area contributed by atoms with Crippen LogP contribution < -0.4 is 9.44 Å². The molecule has 3 N–H and O–H groups in total. The Kier molecular flexibility index (Phi) is 4.06. The molecule has 0 spiro atoms. The lowest BCUT2D eigenvalue weighted by atomic mass is 10.1. The molecule has 1 unspecified atom stereocenters. The number of aliphatic carboxylic acids is 1. The number of hydrogen-bond acceptors (Lipinski definition) is 3. The molecule has 0 bridgehead atoms. The van der Waals surface area contributed by atoms with Crippen molar-refractivity contribution in [2.24, 2.45) is 5.92 Å². The standard InChI is InChI=1S/C8H16N2O4S/c1-2-6(8(11)12)5-9-15(13,14)10-7-3-4-7/h6-7,9-10H,2-5H2,1H3,(H,11,12). The van der Waals surface area contributed by atoms with Crippen LogP contribution >= 0.6 is 0 Å². The Morgan fingerprint density at radius 2 is 2.13 bits per heavy atom. The first-order valence-electron chi connectivity index (χ1n) is 4.94. The average Bonchev–Trinajstić information content (AvgIpc) is 2.87. The van der Waals surface area contributed by atoms with Gasteiger partial charge in [0.25, 0.3) is 10.2 Å². The van der Waals surface area contributed by atoms with Gasteiger partial charge in [-0.1, -0.05) is 6.92 Å². The highest BCUT2D eigenvalue weighted by molar-refractivity contribution is 7.87. The summed E-state index contributed by atoms with van der Waals surface area (Å²) in [6, 6.07) is 0.0346. The van der Waals surface area contributed by atoms with Gasteiger partial charge in [-0.2, -0.15) is 13.1 Å². The minimum Gasteiger partial charge on any atom is -0.481 e. The fraction of sp³-hybridized carbons (Fsp3) is 0.875. The van der Waals surface area contributed by atoms with Crippen LogP contribution in [0.1, 0.15) is 26.2 Å². The zero-order chi connectivity index (χ0) is 11.5. The van der Waals surface area contributed by atoms with Crippen molar-refractivity contribution < 1.29 is 18.3 Å². The summed E-state index contributed by atoms with van der Waals surface area (Å²) in [6.07, 6.45) is 2.12. The van der Waals surface area contributed by atoms with E-state index in [9.17, 15) is 13.2 Å². The largest absolute Gasteiger partial charge is 0.481 e. The first-order valence-corrected chi connectivity index (χ1v) is 6.42. The van der Waals surface area contributed by atoms with Crippen LogP contribution in [0.4, 0.5) is 0 Å². The maximum absolute atomic E-state index is 11.3. The third-order valence-corrected chi connectivity index (χ3v) is 3.45. The molecular formula is C8H16N2O4S. The van der Waals surface area contributed by atoms with E-state index in [1.165, 1.54) is 0 Å². The lowest BCUT2D eigenvalue weighted by Crippen LogP contribution is -2.41. The molecule has 1 saturated carbocycles. The van der Waals surface area contributed by atoms with E-state index >= 15 is 0 Å². The van der Waals surface area contributed by atoms with Crippen molar-refractivity contribution in [3.8, 4) is 0 Å². The second-order valence-corrected chi connectivity index (χ2v) is 5.22. The van der Waals surface area contributed by atoms with Crippen LogP contribution in [0.3, 0.4) is 0 Å². The van der Waals surface area contributed by atoms with Crippen LogP contribution in [0.25, 0.3) is 0 Å². The highest BCUT2D eigenvalue weighted by Crippen LogP contribution is 2.19. The quantitative estimate of drug-likeness (QED) is 0.564. The number of carboxylic acid groups (broad SMARTS) is 1. The molecule has 1 rings (SSSR count). The van der Waals surface area contributed by atoms with E-state index in [4.69, 9.17) is 5.11 Å². The highest BCUT2D eigenvalue weighted by Gasteiger charge is 2.27. The van der Waals surface area contributed by atoms with Crippen LogP contribution in [0.5, 0.6) is 0 Å². The zero-order valence-corrected chi connectivity index (χ0v) is 9.38. The molecule has 15 heavy (non-hydrogen) atoms.